The van der Waals surface area contributed by atoms with Crippen molar-refractivity contribution < 1.29 is 4.79 Å². The van der Waals surface area contributed by atoms with E-state index in [9.17, 15) is 4.79 Å². The first-order valence-corrected chi connectivity index (χ1v) is 7.51. The van der Waals surface area contributed by atoms with Gasteiger partial charge in [0.1, 0.15) is 11.6 Å². The number of nitriles is 1. The number of imidazole rings is 1. The van der Waals surface area contributed by atoms with Gasteiger partial charge in [0.15, 0.2) is 0 Å². The third kappa shape index (κ3) is 2.42. The number of anilines is 3. The predicted octanol–water partition coefficient (Wildman–Crippen LogP) is 2.09. The molecule has 0 saturated carbocycles. The topological polar surface area (TPSA) is 111 Å². The quantitative estimate of drug-likeness (QED) is 0.765. The Hall–Kier alpha value is -3.47. The molecule has 2 aromatic heterocycles. The maximum absolute atomic E-state index is 12.1. The molecule has 3 heterocycles. The lowest BCUT2D eigenvalue weighted by molar-refractivity contribution is -0.117. The van der Waals surface area contributed by atoms with Gasteiger partial charge in [-0.25, -0.2) is 15.0 Å². The number of carbonyl (C=O) groups excluding carboxylic acids is 1. The SMILES string of the molecule is N#Cc1cnc(Nc2cc(N3CCCC3=O)c3nc[nH]c3c2)nc1. The van der Waals surface area contributed by atoms with Crippen LogP contribution in [0.1, 0.15) is 18.4 Å². The molecule has 0 radical (unpaired) electrons. The van der Waals surface area contributed by atoms with E-state index < -0.39 is 0 Å². The summed E-state index contributed by atoms with van der Waals surface area (Å²) in [5.74, 6) is 0.484. The van der Waals surface area contributed by atoms with E-state index in [-0.39, 0.29) is 5.91 Å². The minimum atomic E-state index is 0.103. The van der Waals surface area contributed by atoms with Crippen molar-refractivity contribution in [3.05, 3.63) is 36.4 Å². The minimum Gasteiger partial charge on any atom is -0.344 e. The van der Waals surface area contributed by atoms with Crippen LogP contribution < -0.4 is 10.2 Å². The molecular formula is C16H13N7O. The van der Waals surface area contributed by atoms with E-state index in [4.69, 9.17) is 5.26 Å². The van der Waals surface area contributed by atoms with E-state index in [0.717, 1.165) is 28.8 Å². The highest BCUT2D eigenvalue weighted by Gasteiger charge is 2.24. The number of amides is 1. The highest BCUT2D eigenvalue weighted by Crippen LogP contribution is 2.32. The van der Waals surface area contributed by atoms with Crippen LogP contribution in [0.5, 0.6) is 0 Å². The summed E-state index contributed by atoms with van der Waals surface area (Å²) < 4.78 is 0. The fourth-order valence-corrected chi connectivity index (χ4v) is 2.79. The first-order chi connectivity index (χ1) is 11.7. The number of hydrogen-bond donors (Lipinski definition) is 2. The molecule has 1 saturated heterocycles. The second-order valence-corrected chi connectivity index (χ2v) is 5.48. The van der Waals surface area contributed by atoms with E-state index in [1.165, 1.54) is 12.4 Å². The van der Waals surface area contributed by atoms with Crippen molar-refractivity contribution in [3.8, 4) is 6.07 Å². The highest BCUT2D eigenvalue weighted by molar-refractivity contribution is 6.04. The number of benzene rings is 1. The summed E-state index contributed by atoms with van der Waals surface area (Å²) in [5.41, 5.74) is 3.49. The van der Waals surface area contributed by atoms with Gasteiger partial charge in [0.2, 0.25) is 11.9 Å². The third-order valence-corrected chi connectivity index (χ3v) is 3.90. The van der Waals surface area contributed by atoms with Gasteiger partial charge in [0.25, 0.3) is 0 Å². The smallest absolute Gasteiger partial charge is 0.227 e. The standard InChI is InChI=1S/C16H13N7O/c17-6-10-7-18-16(19-8-10)22-11-4-12-15(21-9-20-12)13(5-11)23-3-1-2-14(23)24/h4-5,7-9H,1-3H2,(H,20,21)(H,18,19,22). The Morgan fingerprint density at radius 1 is 1.25 bits per heavy atom. The fraction of sp³-hybridized carbons (Fsp3) is 0.188. The van der Waals surface area contributed by atoms with Crippen LogP contribution in [0.3, 0.4) is 0 Å². The van der Waals surface area contributed by atoms with Crippen molar-refractivity contribution in [2.24, 2.45) is 0 Å². The van der Waals surface area contributed by atoms with Gasteiger partial charge < -0.3 is 15.2 Å². The Bertz CT molecular complexity index is 955. The fourth-order valence-electron chi connectivity index (χ4n) is 2.79. The van der Waals surface area contributed by atoms with Crippen molar-refractivity contribution in [1.82, 2.24) is 19.9 Å². The first-order valence-electron chi connectivity index (χ1n) is 7.51. The van der Waals surface area contributed by atoms with E-state index in [1.54, 1.807) is 11.2 Å². The van der Waals surface area contributed by atoms with Gasteiger partial charge >= 0.3 is 0 Å². The molecule has 0 atom stereocenters. The van der Waals surface area contributed by atoms with Gasteiger partial charge in [-0.3, -0.25) is 4.79 Å². The summed E-state index contributed by atoms with van der Waals surface area (Å²) in [6.07, 6.45) is 5.92. The predicted molar refractivity (Wildman–Crippen MR) is 87.7 cm³/mol. The molecule has 24 heavy (non-hydrogen) atoms. The van der Waals surface area contributed by atoms with Crippen LogP contribution in [-0.4, -0.2) is 32.4 Å². The Balaban J connectivity index is 1.73. The molecule has 0 unspecified atom stereocenters. The van der Waals surface area contributed by atoms with E-state index in [0.29, 0.717) is 24.5 Å². The maximum Gasteiger partial charge on any atom is 0.227 e. The van der Waals surface area contributed by atoms with Gasteiger partial charge in [0, 0.05) is 18.7 Å². The molecular weight excluding hydrogens is 306 g/mol. The summed E-state index contributed by atoms with van der Waals surface area (Å²) in [4.78, 5) is 29.5. The van der Waals surface area contributed by atoms with E-state index in [2.05, 4.69) is 25.3 Å². The minimum absolute atomic E-state index is 0.103. The Kier molecular flexibility index (Phi) is 3.31. The molecule has 1 aliphatic heterocycles. The lowest BCUT2D eigenvalue weighted by Gasteiger charge is -2.17. The molecule has 3 aromatic rings. The Labute approximate surface area is 137 Å². The zero-order valence-corrected chi connectivity index (χ0v) is 12.7. The molecule has 1 fully saturated rings. The molecule has 1 aromatic carbocycles. The van der Waals surface area contributed by atoms with Gasteiger partial charge in [-0.15, -0.1) is 0 Å². The number of nitrogens with one attached hydrogen (secondary N) is 2. The molecule has 0 spiro atoms. The van der Waals surface area contributed by atoms with Crippen LogP contribution in [0.15, 0.2) is 30.9 Å². The van der Waals surface area contributed by atoms with Crippen LogP contribution in [0.25, 0.3) is 11.0 Å². The molecule has 2 N–H and O–H groups in total. The van der Waals surface area contributed by atoms with Gasteiger partial charge in [-0.05, 0) is 18.6 Å². The summed E-state index contributed by atoms with van der Waals surface area (Å²) >= 11 is 0. The molecule has 0 aliphatic carbocycles. The van der Waals surface area contributed by atoms with Gasteiger partial charge in [0.05, 0.1) is 35.5 Å². The number of rotatable bonds is 3. The molecule has 8 nitrogen and oxygen atoms in total. The zero-order chi connectivity index (χ0) is 16.5. The zero-order valence-electron chi connectivity index (χ0n) is 12.7. The largest absolute Gasteiger partial charge is 0.344 e. The van der Waals surface area contributed by atoms with Crippen LogP contribution in [-0.2, 0) is 4.79 Å². The van der Waals surface area contributed by atoms with Crippen LogP contribution in [0.4, 0.5) is 17.3 Å². The van der Waals surface area contributed by atoms with Crippen molar-refractivity contribution in [2.75, 3.05) is 16.8 Å². The number of H-pyrrole nitrogens is 1. The Morgan fingerprint density at radius 3 is 2.79 bits per heavy atom. The lowest BCUT2D eigenvalue weighted by atomic mass is 10.2. The van der Waals surface area contributed by atoms with Crippen molar-refractivity contribution in [3.63, 3.8) is 0 Å². The first kappa shape index (κ1) is 14.1. The lowest BCUT2D eigenvalue weighted by Crippen LogP contribution is -2.24. The number of hydrogen-bond acceptors (Lipinski definition) is 6. The molecule has 1 aliphatic rings. The molecule has 1 amide bonds. The van der Waals surface area contributed by atoms with E-state index >= 15 is 0 Å². The molecule has 4 rings (SSSR count). The van der Waals surface area contributed by atoms with Crippen LogP contribution in [0.2, 0.25) is 0 Å². The number of aromatic amines is 1. The van der Waals surface area contributed by atoms with Crippen LogP contribution in [0, 0.1) is 11.3 Å². The number of nitrogens with zero attached hydrogens (tertiary/aromatic N) is 5. The van der Waals surface area contributed by atoms with Crippen molar-refractivity contribution in [2.45, 2.75) is 12.8 Å². The van der Waals surface area contributed by atoms with Gasteiger partial charge in [-0.1, -0.05) is 0 Å². The molecule has 0 bridgehead atoms. The molecule has 8 heteroatoms. The van der Waals surface area contributed by atoms with Crippen LogP contribution >= 0.6 is 0 Å². The van der Waals surface area contributed by atoms with E-state index in [1.807, 2.05) is 18.2 Å². The highest BCUT2D eigenvalue weighted by atomic mass is 16.2. The average molecular weight is 319 g/mol. The van der Waals surface area contributed by atoms with Crippen molar-refractivity contribution >= 4 is 34.3 Å². The summed E-state index contributed by atoms with van der Waals surface area (Å²) in [6, 6.07) is 5.73. The Morgan fingerprint density at radius 2 is 2.08 bits per heavy atom. The monoisotopic (exact) mass is 319 g/mol. The third-order valence-electron chi connectivity index (χ3n) is 3.90. The van der Waals surface area contributed by atoms with Crippen molar-refractivity contribution in [1.29, 1.82) is 5.26 Å². The summed E-state index contributed by atoms with van der Waals surface area (Å²) in [7, 11) is 0. The molecule has 118 valence electrons. The maximum atomic E-state index is 12.1. The van der Waals surface area contributed by atoms with Gasteiger partial charge in [-0.2, -0.15) is 5.26 Å². The average Bonchev–Trinajstić information content (AvgIpc) is 3.23. The number of fused-ring (bicyclic) bond motifs is 1. The second kappa shape index (κ2) is 5.62. The summed E-state index contributed by atoms with van der Waals surface area (Å²) in [5, 5.41) is 11.9. The second-order valence-electron chi connectivity index (χ2n) is 5.48. The number of carbonyl (C=O) groups is 1. The number of aromatic nitrogens is 4. The normalized spacial score (nSPS) is 14.1. The summed E-state index contributed by atoms with van der Waals surface area (Å²) in [6.45, 7) is 0.692.